The fraction of sp³-hybridized carbons (Fsp3) is 0.462. The highest BCUT2D eigenvalue weighted by atomic mass is 16.4. The van der Waals surface area contributed by atoms with Crippen LogP contribution in [0.1, 0.15) is 12.0 Å². The zero-order valence-electron chi connectivity index (χ0n) is 9.62. The van der Waals surface area contributed by atoms with Gasteiger partial charge in [0.25, 0.3) is 0 Å². The number of β-amino-alcohol motifs (C(OH)–C–C–N with tert-alkyl or cyclic N) is 1. The first-order valence-electron chi connectivity index (χ1n) is 5.84. The molecule has 0 bridgehead atoms. The van der Waals surface area contributed by atoms with Gasteiger partial charge in [0.1, 0.15) is 0 Å². The molecule has 0 aliphatic carbocycles. The summed E-state index contributed by atoms with van der Waals surface area (Å²) in [6.45, 7) is 1.93. The molecule has 1 aliphatic heterocycles. The first-order valence-corrected chi connectivity index (χ1v) is 5.84. The van der Waals surface area contributed by atoms with Crippen molar-refractivity contribution in [3.8, 4) is 0 Å². The zero-order valence-corrected chi connectivity index (χ0v) is 9.62. The molecule has 0 spiro atoms. The average molecular weight is 235 g/mol. The molecule has 4 nitrogen and oxygen atoms in total. The van der Waals surface area contributed by atoms with E-state index in [-0.39, 0.29) is 0 Å². The normalized spacial score (nSPS) is 25.7. The molecule has 0 unspecified atom stereocenters. The molecule has 1 aromatic rings. The van der Waals surface area contributed by atoms with E-state index < -0.39 is 18.0 Å². The van der Waals surface area contributed by atoms with Crippen LogP contribution in [0.5, 0.6) is 0 Å². The van der Waals surface area contributed by atoms with Gasteiger partial charge in [-0.3, -0.25) is 9.69 Å². The molecule has 1 saturated heterocycles. The highest BCUT2D eigenvalue weighted by molar-refractivity contribution is 5.70. The number of likely N-dealkylation sites (tertiary alicyclic amines) is 1. The van der Waals surface area contributed by atoms with Gasteiger partial charge >= 0.3 is 5.97 Å². The Bertz CT molecular complexity index is 380. The SMILES string of the molecule is O=C(O)[C@@H]1CCN(Cc2ccccc2)C[C@H]1O. The molecule has 1 aromatic carbocycles. The predicted molar refractivity (Wildman–Crippen MR) is 63.5 cm³/mol. The summed E-state index contributed by atoms with van der Waals surface area (Å²) in [5, 5.41) is 18.7. The van der Waals surface area contributed by atoms with Gasteiger partial charge in [-0.05, 0) is 18.5 Å². The van der Waals surface area contributed by atoms with Crippen LogP contribution in [0.25, 0.3) is 0 Å². The maximum atomic E-state index is 10.9. The highest BCUT2D eigenvalue weighted by Crippen LogP contribution is 2.19. The molecule has 92 valence electrons. The third kappa shape index (κ3) is 3.05. The summed E-state index contributed by atoms with van der Waals surface area (Å²) in [4.78, 5) is 12.9. The van der Waals surface area contributed by atoms with E-state index in [0.717, 1.165) is 13.1 Å². The number of carboxylic acids is 1. The summed E-state index contributed by atoms with van der Waals surface area (Å²) in [7, 11) is 0. The minimum absolute atomic E-state index is 0.436. The van der Waals surface area contributed by atoms with Crippen LogP contribution in [-0.2, 0) is 11.3 Å². The van der Waals surface area contributed by atoms with E-state index in [0.29, 0.717) is 13.0 Å². The Labute approximate surface area is 100 Å². The number of carbonyl (C=O) groups is 1. The molecule has 2 N–H and O–H groups in total. The lowest BCUT2D eigenvalue weighted by Gasteiger charge is -2.33. The summed E-state index contributed by atoms with van der Waals surface area (Å²) in [5.74, 6) is -1.50. The van der Waals surface area contributed by atoms with Gasteiger partial charge in [-0.2, -0.15) is 0 Å². The summed E-state index contributed by atoms with van der Waals surface area (Å²) >= 11 is 0. The lowest BCUT2D eigenvalue weighted by molar-refractivity contribution is -0.148. The van der Waals surface area contributed by atoms with Crippen molar-refractivity contribution >= 4 is 5.97 Å². The highest BCUT2D eigenvalue weighted by Gasteiger charge is 2.32. The molecule has 17 heavy (non-hydrogen) atoms. The lowest BCUT2D eigenvalue weighted by atomic mass is 9.94. The number of benzene rings is 1. The summed E-state index contributed by atoms with van der Waals surface area (Å²) in [6.07, 6.45) is -0.242. The van der Waals surface area contributed by atoms with Crippen LogP contribution in [0.4, 0.5) is 0 Å². The Kier molecular flexibility index (Phi) is 3.76. The van der Waals surface area contributed by atoms with Crippen molar-refractivity contribution < 1.29 is 15.0 Å². The maximum Gasteiger partial charge on any atom is 0.309 e. The van der Waals surface area contributed by atoms with Crippen molar-refractivity contribution in [3.05, 3.63) is 35.9 Å². The van der Waals surface area contributed by atoms with E-state index in [1.807, 2.05) is 30.3 Å². The Hall–Kier alpha value is -1.39. The molecule has 2 atom stereocenters. The Morgan fingerprint density at radius 2 is 2.06 bits per heavy atom. The van der Waals surface area contributed by atoms with Crippen LogP contribution >= 0.6 is 0 Å². The molecule has 2 rings (SSSR count). The number of aliphatic hydroxyl groups excluding tert-OH is 1. The summed E-state index contributed by atoms with van der Waals surface area (Å²) in [5.41, 5.74) is 1.19. The number of hydrogen-bond acceptors (Lipinski definition) is 3. The van der Waals surface area contributed by atoms with Crippen LogP contribution < -0.4 is 0 Å². The molecule has 1 heterocycles. The third-order valence-corrected chi connectivity index (χ3v) is 3.23. The van der Waals surface area contributed by atoms with Crippen molar-refractivity contribution in [2.24, 2.45) is 5.92 Å². The third-order valence-electron chi connectivity index (χ3n) is 3.23. The van der Waals surface area contributed by atoms with Crippen LogP contribution in [-0.4, -0.2) is 40.3 Å². The van der Waals surface area contributed by atoms with E-state index in [1.165, 1.54) is 5.56 Å². The second kappa shape index (κ2) is 5.29. The molecule has 0 aromatic heterocycles. The van der Waals surface area contributed by atoms with Gasteiger partial charge in [-0.15, -0.1) is 0 Å². The molecule has 0 amide bonds. The van der Waals surface area contributed by atoms with Crippen molar-refractivity contribution in [2.75, 3.05) is 13.1 Å². The molecule has 0 saturated carbocycles. The largest absolute Gasteiger partial charge is 0.481 e. The van der Waals surface area contributed by atoms with Gasteiger partial charge in [-0.1, -0.05) is 30.3 Å². The first kappa shape index (κ1) is 12.1. The minimum atomic E-state index is -0.892. The van der Waals surface area contributed by atoms with Gasteiger partial charge in [0.05, 0.1) is 12.0 Å². The van der Waals surface area contributed by atoms with Crippen molar-refractivity contribution in [2.45, 2.75) is 19.1 Å². The number of aliphatic carboxylic acids is 1. The van der Waals surface area contributed by atoms with E-state index in [4.69, 9.17) is 5.11 Å². The fourth-order valence-corrected chi connectivity index (χ4v) is 2.27. The minimum Gasteiger partial charge on any atom is -0.481 e. The molecule has 1 fully saturated rings. The smallest absolute Gasteiger partial charge is 0.309 e. The number of carboxylic acid groups (broad SMARTS) is 1. The predicted octanol–water partition coefficient (Wildman–Crippen LogP) is 0.954. The number of hydrogen-bond donors (Lipinski definition) is 2. The monoisotopic (exact) mass is 235 g/mol. The Balaban J connectivity index is 1.92. The fourth-order valence-electron chi connectivity index (χ4n) is 2.27. The summed E-state index contributed by atoms with van der Waals surface area (Å²) in [6, 6.07) is 10.0. The Morgan fingerprint density at radius 3 is 2.65 bits per heavy atom. The van der Waals surface area contributed by atoms with Crippen LogP contribution in [0.15, 0.2) is 30.3 Å². The standard InChI is InChI=1S/C13H17NO3/c15-12-9-14(7-6-11(12)13(16)17)8-10-4-2-1-3-5-10/h1-5,11-12,15H,6-9H2,(H,16,17)/t11-,12-/m1/s1. The topological polar surface area (TPSA) is 60.8 Å². The van der Waals surface area contributed by atoms with Gasteiger partial charge in [-0.25, -0.2) is 0 Å². The van der Waals surface area contributed by atoms with Gasteiger partial charge in [0.15, 0.2) is 0 Å². The summed E-state index contributed by atoms with van der Waals surface area (Å²) < 4.78 is 0. The molecular weight excluding hydrogens is 218 g/mol. The van der Waals surface area contributed by atoms with Crippen molar-refractivity contribution in [1.29, 1.82) is 0 Å². The maximum absolute atomic E-state index is 10.9. The van der Waals surface area contributed by atoms with Crippen molar-refractivity contribution in [3.63, 3.8) is 0 Å². The van der Waals surface area contributed by atoms with Crippen molar-refractivity contribution in [1.82, 2.24) is 4.90 Å². The first-order chi connectivity index (χ1) is 8.16. The van der Waals surface area contributed by atoms with E-state index >= 15 is 0 Å². The lowest BCUT2D eigenvalue weighted by Crippen LogP contribution is -2.46. The van der Waals surface area contributed by atoms with Crippen LogP contribution in [0.2, 0.25) is 0 Å². The second-order valence-corrected chi connectivity index (χ2v) is 4.52. The number of nitrogens with zero attached hydrogens (tertiary/aromatic N) is 1. The quantitative estimate of drug-likeness (QED) is 0.819. The van der Waals surface area contributed by atoms with E-state index in [2.05, 4.69) is 4.90 Å². The number of rotatable bonds is 3. The van der Waals surface area contributed by atoms with Gasteiger partial charge in [0.2, 0.25) is 0 Å². The molecule has 1 aliphatic rings. The van der Waals surface area contributed by atoms with Gasteiger partial charge < -0.3 is 10.2 Å². The van der Waals surface area contributed by atoms with E-state index in [9.17, 15) is 9.90 Å². The molecular formula is C13H17NO3. The van der Waals surface area contributed by atoms with Gasteiger partial charge in [0, 0.05) is 13.1 Å². The van der Waals surface area contributed by atoms with Crippen LogP contribution in [0.3, 0.4) is 0 Å². The van der Waals surface area contributed by atoms with E-state index in [1.54, 1.807) is 0 Å². The average Bonchev–Trinajstić information content (AvgIpc) is 2.30. The molecule has 4 heteroatoms. The van der Waals surface area contributed by atoms with Crippen LogP contribution in [0, 0.1) is 5.92 Å². The Morgan fingerprint density at radius 1 is 1.35 bits per heavy atom. The second-order valence-electron chi connectivity index (χ2n) is 4.52. The zero-order chi connectivity index (χ0) is 12.3. The molecule has 0 radical (unpaired) electrons. The number of piperidine rings is 1. The number of aliphatic hydroxyl groups is 1.